The molecule has 0 aliphatic carbocycles. The topological polar surface area (TPSA) is 28.2 Å². The van der Waals surface area contributed by atoms with Crippen molar-refractivity contribution in [2.24, 2.45) is 0 Å². The standard InChI is InChI=1S/C12H23N3S/c1-4-7-15(6-3)9-11-10-16-12(14-11)8-13-5-2/h10,13H,4-9H2,1-3H3. The van der Waals surface area contributed by atoms with Gasteiger partial charge in [0, 0.05) is 18.5 Å². The molecule has 0 aliphatic rings. The van der Waals surface area contributed by atoms with E-state index in [2.05, 4.69) is 41.4 Å². The van der Waals surface area contributed by atoms with Gasteiger partial charge in [0.2, 0.25) is 0 Å². The molecule has 0 aliphatic heterocycles. The lowest BCUT2D eigenvalue weighted by molar-refractivity contribution is 0.277. The van der Waals surface area contributed by atoms with E-state index in [-0.39, 0.29) is 0 Å². The Kier molecular flexibility index (Phi) is 6.61. The smallest absolute Gasteiger partial charge is 0.107 e. The lowest BCUT2D eigenvalue weighted by atomic mass is 10.3. The molecule has 3 nitrogen and oxygen atoms in total. The first-order chi connectivity index (χ1) is 7.80. The first kappa shape index (κ1) is 13.6. The largest absolute Gasteiger partial charge is 0.311 e. The number of aromatic nitrogens is 1. The average molecular weight is 241 g/mol. The molecule has 1 aromatic rings. The van der Waals surface area contributed by atoms with Gasteiger partial charge in [-0.25, -0.2) is 4.98 Å². The zero-order valence-corrected chi connectivity index (χ0v) is 11.4. The summed E-state index contributed by atoms with van der Waals surface area (Å²) in [5.74, 6) is 0. The van der Waals surface area contributed by atoms with Crippen molar-refractivity contribution in [3.8, 4) is 0 Å². The maximum absolute atomic E-state index is 4.63. The fraction of sp³-hybridized carbons (Fsp3) is 0.750. The van der Waals surface area contributed by atoms with Gasteiger partial charge in [-0.15, -0.1) is 11.3 Å². The Hall–Kier alpha value is -0.450. The molecule has 1 heterocycles. The molecule has 0 bridgehead atoms. The van der Waals surface area contributed by atoms with E-state index in [9.17, 15) is 0 Å². The Morgan fingerprint density at radius 3 is 2.81 bits per heavy atom. The predicted molar refractivity (Wildman–Crippen MR) is 70.7 cm³/mol. The molecule has 1 aromatic heterocycles. The number of thiazole rings is 1. The van der Waals surface area contributed by atoms with Crippen LogP contribution in [-0.2, 0) is 13.1 Å². The molecule has 0 amide bonds. The zero-order valence-electron chi connectivity index (χ0n) is 10.6. The summed E-state index contributed by atoms with van der Waals surface area (Å²) in [7, 11) is 0. The second-order valence-electron chi connectivity index (χ2n) is 3.88. The van der Waals surface area contributed by atoms with E-state index in [4.69, 9.17) is 0 Å². The van der Waals surface area contributed by atoms with E-state index in [0.717, 1.165) is 32.7 Å². The van der Waals surface area contributed by atoms with Crippen LogP contribution in [0.25, 0.3) is 0 Å². The molecule has 16 heavy (non-hydrogen) atoms. The average Bonchev–Trinajstić information content (AvgIpc) is 2.73. The number of hydrogen-bond donors (Lipinski definition) is 1. The van der Waals surface area contributed by atoms with Crippen molar-refractivity contribution in [3.63, 3.8) is 0 Å². The molecule has 0 saturated heterocycles. The van der Waals surface area contributed by atoms with Crippen LogP contribution in [-0.4, -0.2) is 29.5 Å². The first-order valence-electron chi connectivity index (χ1n) is 6.16. The van der Waals surface area contributed by atoms with Crippen LogP contribution in [0.5, 0.6) is 0 Å². The quantitative estimate of drug-likeness (QED) is 0.758. The molecule has 0 unspecified atom stereocenters. The lowest BCUT2D eigenvalue weighted by Crippen LogP contribution is -2.23. The SMILES string of the molecule is CCCN(CC)Cc1csc(CNCC)n1. The third-order valence-corrected chi connectivity index (χ3v) is 3.40. The van der Waals surface area contributed by atoms with Crippen LogP contribution in [0, 0.1) is 0 Å². The summed E-state index contributed by atoms with van der Waals surface area (Å²) in [6.45, 7) is 11.7. The van der Waals surface area contributed by atoms with Gasteiger partial charge in [0.1, 0.15) is 5.01 Å². The second kappa shape index (κ2) is 7.76. The summed E-state index contributed by atoms with van der Waals surface area (Å²) in [4.78, 5) is 7.07. The maximum Gasteiger partial charge on any atom is 0.107 e. The van der Waals surface area contributed by atoms with E-state index < -0.39 is 0 Å². The van der Waals surface area contributed by atoms with Crippen molar-refractivity contribution in [2.45, 2.75) is 40.3 Å². The van der Waals surface area contributed by atoms with Crippen molar-refractivity contribution < 1.29 is 0 Å². The van der Waals surface area contributed by atoms with Crippen molar-refractivity contribution in [1.82, 2.24) is 15.2 Å². The van der Waals surface area contributed by atoms with Crippen LogP contribution in [0.1, 0.15) is 37.9 Å². The van der Waals surface area contributed by atoms with Crippen molar-refractivity contribution in [2.75, 3.05) is 19.6 Å². The van der Waals surface area contributed by atoms with E-state index >= 15 is 0 Å². The number of rotatable bonds is 8. The van der Waals surface area contributed by atoms with Gasteiger partial charge < -0.3 is 5.32 Å². The van der Waals surface area contributed by atoms with Crippen LogP contribution < -0.4 is 5.32 Å². The highest BCUT2D eigenvalue weighted by Crippen LogP contribution is 2.11. The Balaban J connectivity index is 2.43. The lowest BCUT2D eigenvalue weighted by Gasteiger charge is -2.17. The monoisotopic (exact) mass is 241 g/mol. The fourth-order valence-corrected chi connectivity index (χ4v) is 2.38. The van der Waals surface area contributed by atoms with Crippen LogP contribution >= 0.6 is 11.3 Å². The minimum Gasteiger partial charge on any atom is -0.311 e. The molecule has 92 valence electrons. The summed E-state index contributed by atoms with van der Waals surface area (Å²) in [6.07, 6.45) is 1.21. The van der Waals surface area contributed by atoms with E-state index in [1.807, 2.05) is 0 Å². The highest BCUT2D eigenvalue weighted by Gasteiger charge is 2.06. The summed E-state index contributed by atoms with van der Waals surface area (Å²) < 4.78 is 0. The third kappa shape index (κ3) is 4.60. The fourth-order valence-electron chi connectivity index (χ4n) is 1.63. The highest BCUT2D eigenvalue weighted by atomic mass is 32.1. The molecular weight excluding hydrogens is 218 g/mol. The molecule has 4 heteroatoms. The van der Waals surface area contributed by atoms with Gasteiger partial charge in [-0.05, 0) is 26.1 Å². The number of nitrogens with one attached hydrogen (secondary N) is 1. The van der Waals surface area contributed by atoms with Gasteiger partial charge in [-0.2, -0.15) is 0 Å². The molecule has 0 radical (unpaired) electrons. The van der Waals surface area contributed by atoms with E-state index in [0.29, 0.717) is 0 Å². The Morgan fingerprint density at radius 1 is 1.38 bits per heavy atom. The molecule has 0 spiro atoms. The zero-order chi connectivity index (χ0) is 11.8. The summed E-state index contributed by atoms with van der Waals surface area (Å²) in [5, 5.41) is 6.69. The number of nitrogens with zero attached hydrogens (tertiary/aromatic N) is 2. The van der Waals surface area contributed by atoms with Crippen LogP contribution in [0.2, 0.25) is 0 Å². The first-order valence-corrected chi connectivity index (χ1v) is 7.04. The van der Waals surface area contributed by atoms with Gasteiger partial charge in [0.05, 0.1) is 5.69 Å². The summed E-state index contributed by atoms with van der Waals surface area (Å²) in [6, 6.07) is 0. The van der Waals surface area contributed by atoms with Crippen LogP contribution in [0.4, 0.5) is 0 Å². The van der Waals surface area contributed by atoms with Gasteiger partial charge in [0.15, 0.2) is 0 Å². The molecule has 0 fully saturated rings. The van der Waals surface area contributed by atoms with Gasteiger partial charge in [-0.1, -0.05) is 20.8 Å². The van der Waals surface area contributed by atoms with Crippen molar-refractivity contribution in [3.05, 3.63) is 16.1 Å². The normalized spacial score (nSPS) is 11.2. The molecular formula is C12H23N3S. The Bertz CT molecular complexity index is 286. The van der Waals surface area contributed by atoms with E-state index in [1.54, 1.807) is 11.3 Å². The van der Waals surface area contributed by atoms with Gasteiger partial charge >= 0.3 is 0 Å². The van der Waals surface area contributed by atoms with Gasteiger partial charge in [0.25, 0.3) is 0 Å². The molecule has 0 saturated carbocycles. The molecule has 1 rings (SSSR count). The minimum atomic E-state index is 0.904. The molecule has 0 atom stereocenters. The highest BCUT2D eigenvalue weighted by molar-refractivity contribution is 7.09. The van der Waals surface area contributed by atoms with Crippen molar-refractivity contribution in [1.29, 1.82) is 0 Å². The third-order valence-electron chi connectivity index (χ3n) is 2.50. The molecule has 0 aromatic carbocycles. The van der Waals surface area contributed by atoms with Gasteiger partial charge in [-0.3, -0.25) is 4.90 Å². The summed E-state index contributed by atoms with van der Waals surface area (Å²) in [5.41, 5.74) is 1.22. The molecule has 1 N–H and O–H groups in total. The van der Waals surface area contributed by atoms with Crippen LogP contribution in [0.3, 0.4) is 0 Å². The predicted octanol–water partition coefficient (Wildman–Crippen LogP) is 2.48. The van der Waals surface area contributed by atoms with Crippen LogP contribution in [0.15, 0.2) is 5.38 Å². The Labute approximate surface area is 103 Å². The minimum absolute atomic E-state index is 0.904. The van der Waals surface area contributed by atoms with Crippen molar-refractivity contribution >= 4 is 11.3 Å². The maximum atomic E-state index is 4.63. The second-order valence-corrected chi connectivity index (χ2v) is 4.82. The number of hydrogen-bond acceptors (Lipinski definition) is 4. The summed E-state index contributed by atoms with van der Waals surface area (Å²) >= 11 is 1.76. The van der Waals surface area contributed by atoms with E-state index in [1.165, 1.54) is 17.1 Å². The Morgan fingerprint density at radius 2 is 2.19 bits per heavy atom.